The predicted octanol–water partition coefficient (Wildman–Crippen LogP) is 4.25. The number of rotatable bonds is 3. The van der Waals surface area contributed by atoms with Crippen molar-refractivity contribution in [3.05, 3.63) is 53.1 Å². The van der Waals surface area contributed by atoms with Gasteiger partial charge in [0.25, 0.3) is 5.91 Å². The molecule has 25 heavy (non-hydrogen) atoms. The number of aromatic nitrogens is 2. The summed E-state index contributed by atoms with van der Waals surface area (Å²) in [5, 5.41) is 6.02. The van der Waals surface area contributed by atoms with E-state index in [0.717, 1.165) is 34.0 Å². The minimum absolute atomic E-state index is 0.238. The van der Waals surface area contributed by atoms with Gasteiger partial charge in [0.2, 0.25) is 0 Å². The lowest BCUT2D eigenvalue weighted by Gasteiger charge is -2.12. The van der Waals surface area contributed by atoms with E-state index in [1.165, 1.54) is 5.56 Å². The van der Waals surface area contributed by atoms with Crippen LogP contribution in [0.1, 0.15) is 41.3 Å². The van der Waals surface area contributed by atoms with Crippen molar-refractivity contribution in [1.29, 1.82) is 0 Å². The second-order valence-corrected chi connectivity index (χ2v) is 7.01. The summed E-state index contributed by atoms with van der Waals surface area (Å²) in [4.78, 5) is 12.4. The zero-order chi connectivity index (χ0) is 18.0. The summed E-state index contributed by atoms with van der Waals surface area (Å²) >= 11 is 6.43. The van der Waals surface area contributed by atoms with Gasteiger partial charge in [-0.2, -0.15) is 8.75 Å². The van der Waals surface area contributed by atoms with E-state index < -0.39 is 0 Å². The molecule has 0 aliphatic carbocycles. The third kappa shape index (κ3) is 3.83. The summed E-state index contributed by atoms with van der Waals surface area (Å²) in [5.41, 5.74) is 5.07. The molecule has 0 atom stereocenters. The molecule has 3 rings (SSSR count). The standard InChI is InChI=1S/C18H18N4OS2/c1-10(2)12-5-7-13(8-6-12)17(23)20-18(24)19-15-11(3)4-9-14-16(15)22-25-21-14/h4-10H,1-3H3,(H2,19,20,23,24). The number of benzene rings is 2. The SMILES string of the molecule is Cc1ccc2nsnc2c1NC(=S)NC(=O)c1ccc(C(C)C)cc1. The summed E-state index contributed by atoms with van der Waals surface area (Å²) in [7, 11) is 0. The van der Waals surface area contributed by atoms with E-state index in [9.17, 15) is 4.79 Å². The van der Waals surface area contributed by atoms with Gasteiger partial charge in [-0.25, -0.2) is 0 Å². The first-order valence-electron chi connectivity index (χ1n) is 7.90. The molecule has 5 nitrogen and oxygen atoms in total. The Labute approximate surface area is 155 Å². The number of anilines is 1. The molecule has 0 aliphatic heterocycles. The molecular weight excluding hydrogens is 352 g/mol. The van der Waals surface area contributed by atoms with E-state index in [1.807, 2.05) is 43.3 Å². The Balaban J connectivity index is 1.72. The van der Waals surface area contributed by atoms with Crippen LogP contribution in [0.4, 0.5) is 5.69 Å². The van der Waals surface area contributed by atoms with Crippen LogP contribution in [0.2, 0.25) is 0 Å². The smallest absolute Gasteiger partial charge is 0.257 e. The van der Waals surface area contributed by atoms with Crippen LogP contribution in [0, 0.1) is 6.92 Å². The Hall–Kier alpha value is -2.38. The number of hydrogen-bond donors (Lipinski definition) is 2. The molecule has 1 heterocycles. The predicted molar refractivity (Wildman–Crippen MR) is 106 cm³/mol. The quantitative estimate of drug-likeness (QED) is 0.675. The number of carbonyl (C=O) groups is 1. The van der Waals surface area contributed by atoms with E-state index in [0.29, 0.717) is 11.5 Å². The van der Waals surface area contributed by atoms with Crippen molar-refractivity contribution in [2.24, 2.45) is 0 Å². The first-order chi connectivity index (χ1) is 12.0. The fraction of sp³-hybridized carbons (Fsp3) is 0.222. The van der Waals surface area contributed by atoms with Crippen LogP contribution in [0.15, 0.2) is 36.4 Å². The van der Waals surface area contributed by atoms with Crippen molar-refractivity contribution in [1.82, 2.24) is 14.1 Å². The van der Waals surface area contributed by atoms with E-state index in [-0.39, 0.29) is 11.0 Å². The molecule has 7 heteroatoms. The van der Waals surface area contributed by atoms with Crippen LogP contribution in [0.25, 0.3) is 11.0 Å². The van der Waals surface area contributed by atoms with Crippen LogP contribution in [0.5, 0.6) is 0 Å². The van der Waals surface area contributed by atoms with E-state index >= 15 is 0 Å². The summed E-state index contributed by atoms with van der Waals surface area (Å²) in [6, 6.07) is 11.4. The molecule has 3 aromatic rings. The fourth-order valence-corrected chi connectivity index (χ4v) is 3.19. The molecule has 0 radical (unpaired) electrons. The summed E-state index contributed by atoms with van der Waals surface area (Å²) in [6.45, 7) is 6.19. The second kappa shape index (κ2) is 7.25. The lowest BCUT2D eigenvalue weighted by molar-refractivity contribution is 0.0977. The maximum Gasteiger partial charge on any atom is 0.257 e. The van der Waals surface area contributed by atoms with E-state index in [1.54, 1.807) is 0 Å². The number of nitrogens with zero attached hydrogens (tertiary/aromatic N) is 2. The topological polar surface area (TPSA) is 66.9 Å². The first kappa shape index (κ1) is 17.4. The zero-order valence-corrected chi connectivity index (χ0v) is 15.8. The van der Waals surface area contributed by atoms with Crippen LogP contribution >= 0.6 is 23.9 Å². The normalized spacial score (nSPS) is 10.9. The maximum absolute atomic E-state index is 12.4. The second-order valence-electron chi connectivity index (χ2n) is 6.07. The molecular formula is C18H18N4OS2. The Morgan fingerprint density at radius 2 is 1.84 bits per heavy atom. The van der Waals surface area contributed by atoms with Crippen molar-refractivity contribution in [2.75, 3.05) is 5.32 Å². The van der Waals surface area contributed by atoms with Gasteiger partial charge in [0.1, 0.15) is 11.0 Å². The molecule has 128 valence electrons. The fourth-order valence-electron chi connectivity index (χ4n) is 2.45. The Morgan fingerprint density at radius 1 is 1.12 bits per heavy atom. The molecule has 0 fully saturated rings. The van der Waals surface area contributed by atoms with Crippen molar-refractivity contribution >= 4 is 51.7 Å². The molecule has 0 saturated carbocycles. The third-order valence-corrected chi connectivity index (χ3v) is 4.69. The van der Waals surface area contributed by atoms with Crippen LogP contribution in [-0.4, -0.2) is 19.8 Å². The molecule has 0 unspecified atom stereocenters. The number of amides is 1. The van der Waals surface area contributed by atoms with Gasteiger partial charge in [-0.05, 0) is 54.4 Å². The van der Waals surface area contributed by atoms with Gasteiger partial charge < -0.3 is 5.32 Å². The maximum atomic E-state index is 12.4. The Kier molecular flexibility index (Phi) is 5.06. The summed E-state index contributed by atoms with van der Waals surface area (Å²) in [5.74, 6) is 0.184. The lowest BCUT2D eigenvalue weighted by atomic mass is 10.0. The first-order valence-corrected chi connectivity index (χ1v) is 9.03. The van der Waals surface area contributed by atoms with Gasteiger partial charge in [0, 0.05) is 5.56 Å². The number of fused-ring (bicyclic) bond motifs is 1. The molecule has 1 aromatic heterocycles. The Morgan fingerprint density at radius 3 is 2.52 bits per heavy atom. The number of aryl methyl sites for hydroxylation is 1. The van der Waals surface area contributed by atoms with Crippen molar-refractivity contribution < 1.29 is 4.79 Å². The van der Waals surface area contributed by atoms with Crippen molar-refractivity contribution in [3.63, 3.8) is 0 Å². The van der Waals surface area contributed by atoms with Crippen LogP contribution in [0.3, 0.4) is 0 Å². The van der Waals surface area contributed by atoms with Gasteiger partial charge in [-0.1, -0.05) is 32.0 Å². The minimum atomic E-state index is -0.242. The van der Waals surface area contributed by atoms with Gasteiger partial charge in [-0.3, -0.25) is 10.1 Å². The lowest BCUT2D eigenvalue weighted by Crippen LogP contribution is -2.34. The Bertz CT molecular complexity index is 932. The third-order valence-electron chi connectivity index (χ3n) is 3.94. The average molecular weight is 371 g/mol. The monoisotopic (exact) mass is 370 g/mol. The van der Waals surface area contributed by atoms with Gasteiger partial charge >= 0.3 is 0 Å². The number of nitrogens with one attached hydrogen (secondary N) is 2. The highest BCUT2D eigenvalue weighted by atomic mass is 32.1. The zero-order valence-electron chi connectivity index (χ0n) is 14.2. The van der Waals surface area contributed by atoms with Crippen molar-refractivity contribution in [3.8, 4) is 0 Å². The summed E-state index contributed by atoms with van der Waals surface area (Å²) < 4.78 is 8.51. The molecule has 2 aromatic carbocycles. The van der Waals surface area contributed by atoms with Crippen molar-refractivity contribution in [2.45, 2.75) is 26.7 Å². The molecule has 1 amide bonds. The number of carbonyl (C=O) groups excluding carboxylic acids is 1. The summed E-state index contributed by atoms with van der Waals surface area (Å²) in [6.07, 6.45) is 0. The van der Waals surface area contributed by atoms with E-state index in [2.05, 4.69) is 33.2 Å². The van der Waals surface area contributed by atoms with Crippen LogP contribution < -0.4 is 10.6 Å². The highest BCUT2D eigenvalue weighted by Crippen LogP contribution is 2.25. The highest BCUT2D eigenvalue weighted by molar-refractivity contribution is 7.80. The van der Waals surface area contributed by atoms with Gasteiger partial charge in [-0.15, -0.1) is 0 Å². The average Bonchev–Trinajstić information content (AvgIpc) is 3.06. The minimum Gasteiger partial charge on any atom is -0.330 e. The molecule has 0 spiro atoms. The van der Waals surface area contributed by atoms with Gasteiger partial charge in [0.15, 0.2) is 5.11 Å². The molecule has 0 saturated heterocycles. The largest absolute Gasteiger partial charge is 0.330 e. The van der Waals surface area contributed by atoms with Gasteiger partial charge in [0.05, 0.1) is 17.4 Å². The number of thiocarbonyl (C=S) groups is 1. The van der Waals surface area contributed by atoms with Crippen LogP contribution in [-0.2, 0) is 0 Å². The molecule has 0 bridgehead atoms. The highest BCUT2D eigenvalue weighted by Gasteiger charge is 2.13. The molecule has 2 N–H and O–H groups in total. The van der Waals surface area contributed by atoms with E-state index in [4.69, 9.17) is 12.2 Å². The molecule has 0 aliphatic rings. The number of hydrogen-bond acceptors (Lipinski definition) is 5.